The van der Waals surface area contributed by atoms with Gasteiger partial charge in [0, 0.05) is 25.2 Å². The topological polar surface area (TPSA) is 110 Å². The lowest BCUT2D eigenvalue weighted by atomic mass is 9.85. The Bertz CT molecular complexity index is 592. The predicted molar refractivity (Wildman–Crippen MR) is 134 cm³/mol. The van der Waals surface area contributed by atoms with Crippen LogP contribution in [0.1, 0.15) is 124 Å². The standard InChI is InChI=1S/C27H49NO6/c1-5-7-8-9-10-11-12-13-14-15-16-17-22(29)20-23(21(3)6-2)26(32)28-24(27(33)34-4)18-19-25(30)31/h21,23-24H,5-20H2,1-4H3,(H,28,32)(H,30,31)/t21?,23-,24+/m0/s1. The van der Waals surface area contributed by atoms with E-state index in [4.69, 9.17) is 9.84 Å². The summed E-state index contributed by atoms with van der Waals surface area (Å²) in [5.74, 6) is -2.62. The number of carbonyl (C=O) groups excluding carboxylic acids is 3. The van der Waals surface area contributed by atoms with E-state index in [-0.39, 0.29) is 36.9 Å². The fourth-order valence-corrected chi connectivity index (χ4v) is 4.11. The molecule has 1 amide bonds. The largest absolute Gasteiger partial charge is 0.481 e. The van der Waals surface area contributed by atoms with Crippen LogP contribution < -0.4 is 5.32 Å². The van der Waals surface area contributed by atoms with Crippen molar-refractivity contribution in [2.24, 2.45) is 11.8 Å². The Morgan fingerprint density at radius 1 is 0.824 bits per heavy atom. The van der Waals surface area contributed by atoms with E-state index in [1.54, 1.807) is 0 Å². The third-order valence-corrected chi connectivity index (χ3v) is 6.62. The fourth-order valence-electron chi connectivity index (χ4n) is 4.11. The molecule has 0 aromatic rings. The number of carbonyl (C=O) groups is 4. The first-order valence-corrected chi connectivity index (χ1v) is 13.4. The van der Waals surface area contributed by atoms with Gasteiger partial charge in [0.25, 0.3) is 0 Å². The summed E-state index contributed by atoms with van der Waals surface area (Å²) in [6.45, 7) is 6.11. The molecule has 198 valence electrons. The number of esters is 1. The van der Waals surface area contributed by atoms with Gasteiger partial charge in [0.1, 0.15) is 11.8 Å². The molecule has 0 radical (unpaired) electrons. The molecule has 0 aliphatic rings. The fraction of sp³-hybridized carbons (Fsp3) is 0.852. The highest BCUT2D eigenvalue weighted by Crippen LogP contribution is 2.22. The summed E-state index contributed by atoms with van der Waals surface area (Å²) in [5, 5.41) is 11.5. The number of Topliss-reactive ketones (excluding diaryl/α,β-unsaturated/α-hetero) is 1. The van der Waals surface area contributed by atoms with Gasteiger partial charge in [-0.3, -0.25) is 14.4 Å². The predicted octanol–water partition coefficient (Wildman–Crippen LogP) is 5.83. The molecule has 34 heavy (non-hydrogen) atoms. The quantitative estimate of drug-likeness (QED) is 0.148. The van der Waals surface area contributed by atoms with Crippen LogP contribution >= 0.6 is 0 Å². The summed E-state index contributed by atoms with van der Waals surface area (Å²) in [7, 11) is 1.20. The second-order valence-corrected chi connectivity index (χ2v) is 9.54. The monoisotopic (exact) mass is 483 g/mol. The number of unbranched alkanes of at least 4 members (excludes halogenated alkanes) is 10. The number of carboxylic acid groups (broad SMARTS) is 1. The number of rotatable bonds is 22. The molecule has 7 heteroatoms. The number of aliphatic carboxylic acids is 1. The van der Waals surface area contributed by atoms with Crippen molar-refractivity contribution in [2.45, 2.75) is 130 Å². The molecular weight excluding hydrogens is 434 g/mol. The van der Waals surface area contributed by atoms with E-state index in [2.05, 4.69) is 12.2 Å². The first kappa shape index (κ1) is 32.1. The minimum Gasteiger partial charge on any atom is -0.481 e. The Kier molecular flexibility index (Phi) is 19.3. The van der Waals surface area contributed by atoms with E-state index < -0.39 is 23.9 Å². The number of carboxylic acids is 1. The van der Waals surface area contributed by atoms with Gasteiger partial charge >= 0.3 is 11.9 Å². The van der Waals surface area contributed by atoms with Crippen molar-refractivity contribution >= 4 is 23.6 Å². The maximum Gasteiger partial charge on any atom is 0.328 e. The Morgan fingerprint density at radius 3 is 1.82 bits per heavy atom. The second-order valence-electron chi connectivity index (χ2n) is 9.54. The molecule has 2 N–H and O–H groups in total. The van der Waals surface area contributed by atoms with Crippen LogP contribution in [0, 0.1) is 11.8 Å². The third-order valence-electron chi connectivity index (χ3n) is 6.62. The van der Waals surface area contributed by atoms with Crippen LogP contribution in [0.5, 0.6) is 0 Å². The lowest BCUT2D eigenvalue weighted by Crippen LogP contribution is -2.46. The molecule has 0 saturated carbocycles. The van der Waals surface area contributed by atoms with Crippen molar-refractivity contribution in [3.8, 4) is 0 Å². The normalized spacial score (nSPS) is 13.6. The van der Waals surface area contributed by atoms with Crippen LogP contribution in [0.4, 0.5) is 0 Å². The molecule has 0 aromatic carbocycles. The maximum atomic E-state index is 12.9. The van der Waals surface area contributed by atoms with Gasteiger partial charge in [-0.25, -0.2) is 4.79 Å². The first-order valence-electron chi connectivity index (χ1n) is 13.4. The van der Waals surface area contributed by atoms with Gasteiger partial charge < -0.3 is 15.2 Å². The third kappa shape index (κ3) is 15.8. The Labute approximate surface area is 206 Å². The Hall–Kier alpha value is -1.92. The lowest BCUT2D eigenvalue weighted by Gasteiger charge is -2.24. The molecule has 0 saturated heterocycles. The highest BCUT2D eigenvalue weighted by Gasteiger charge is 2.30. The van der Waals surface area contributed by atoms with E-state index >= 15 is 0 Å². The molecule has 0 heterocycles. The minimum absolute atomic E-state index is 0.0287. The Morgan fingerprint density at radius 2 is 1.35 bits per heavy atom. The number of hydrogen-bond donors (Lipinski definition) is 2. The van der Waals surface area contributed by atoms with Gasteiger partial charge in [0.2, 0.25) is 5.91 Å². The van der Waals surface area contributed by atoms with Crippen LogP contribution in [0.25, 0.3) is 0 Å². The van der Waals surface area contributed by atoms with Gasteiger partial charge in [-0.05, 0) is 18.8 Å². The molecule has 0 rings (SSSR count). The van der Waals surface area contributed by atoms with Gasteiger partial charge in [-0.2, -0.15) is 0 Å². The molecule has 1 unspecified atom stereocenters. The molecule has 0 aliphatic heterocycles. The van der Waals surface area contributed by atoms with Crippen molar-refractivity contribution < 1.29 is 29.0 Å². The number of nitrogens with one attached hydrogen (secondary N) is 1. The summed E-state index contributed by atoms with van der Waals surface area (Å²) in [6, 6.07) is -1.03. The average molecular weight is 484 g/mol. The summed E-state index contributed by atoms with van der Waals surface area (Å²) >= 11 is 0. The van der Waals surface area contributed by atoms with Crippen molar-refractivity contribution in [1.82, 2.24) is 5.32 Å². The molecule has 0 fully saturated rings. The zero-order valence-electron chi connectivity index (χ0n) is 22.0. The molecule has 0 aromatic heterocycles. The summed E-state index contributed by atoms with van der Waals surface area (Å²) < 4.78 is 4.70. The zero-order valence-corrected chi connectivity index (χ0v) is 22.0. The van der Waals surface area contributed by atoms with Gasteiger partial charge in [0.05, 0.1) is 7.11 Å². The van der Waals surface area contributed by atoms with Crippen molar-refractivity contribution in [2.75, 3.05) is 7.11 Å². The van der Waals surface area contributed by atoms with E-state index in [0.717, 1.165) is 25.7 Å². The Balaban J connectivity index is 4.43. The first-order chi connectivity index (χ1) is 16.3. The molecule has 7 nitrogen and oxygen atoms in total. The number of ether oxygens (including phenoxy) is 1. The number of methoxy groups -OCH3 is 1. The van der Waals surface area contributed by atoms with Crippen LogP contribution in [0.3, 0.4) is 0 Å². The van der Waals surface area contributed by atoms with Gasteiger partial charge in [-0.15, -0.1) is 0 Å². The summed E-state index contributed by atoms with van der Waals surface area (Å²) in [6.07, 6.45) is 14.4. The summed E-state index contributed by atoms with van der Waals surface area (Å²) in [5.41, 5.74) is 0. The van der Waals surface area contributed by atoms with Gasteiger partial charge in [0.15, 0.2) is 0 Å². The lowest BCUT2D eigenvalue weighted by molar-refractivity contribution is -0.146. The molecule has 0 bridgehead atoms. The maximum absolute atomic E-state index is 12.9. The molecule has 3 atom stereocenters. The van der Waals surface area contributed by atoms with E-state index in [0.29, 0.717) is 6.42 Å². The van der Waals surface area contributed by atoms with E-state index in [9.17, 15) is 19.2 Å². The zero-order chi connectivity index (χ0) is 25.8. The van der Waals surface area contributed by atoms with Crippen molar-refractivity contribution in [1.29, 1.82) is 0 Å². The van der Waals surface area contributed by atoms with Crippen LogP contribution in [0.15, 0.2) is 0 Å². The molecule has 0 spiro atoms. The highest BCUT2D eigenvalue weighted by molar-refractivity contribution is 5.90. The number of ketones is 1. The van der Waals surface area contributed by atoms with Crippen molar-refractivity contribution in [3.05, 3.63) is 0 Å². The highest BCUT2D eigenvalue weighted by atomic mass is 16.5. The number of hydrogen-bond acceptors (Lipinski definition) is 5. The average Bonchev–Trinajstić information content (AvgIpc) is 2.82. The van der Waals surface area contributed by atoms with E-state index in [1.807, 2.05) is 13.8 Å². The van der Waals surface area contributed by atoms with Crippen LogP contribution in [-0.4, -0.2) is 41.9 Å². The molecular formula is C27H49NO6. The van der Waals surface area contributed by atoms with Crippen LogP contribution in [-0.2, 0) is 23.9 Å². The van der Waals surface area contributed by atoms with Crippen molar-refractivity contribution in [3.63, 3.8) is 0 Å². The number of amides is 1. The second kappa shape index (κ2) is 20.5. The van der Waals surface area contributed by atoms with Gasteiger partial charge in [-0.1, -0.05) is 91.4 Å². The molecule has 0 aliphatic carbocycles. The smallest absolute Gasteiger partial charge is 0.328 e. The SMILES string of the molecule is CCCCCCCCCCCCCC(=O)C[C@H](C(=O)N[C@H](CCC(=O)O)C(=O)OC)C(C)CC. The minimum atomic E-state index is -1.05. The summed E-state index contributed by atoms with van der Waals surface area (Å²) in [4.78, 5) is 48.3. The van der Waals surface area contributed by atoms with E-state index in [1.165, 1.54) is 58.5 Å². The van der Waals surface area contributed by atoms with Crippen LogP contribution in [0.2, 0.25) is 0 Å².